The number of hydrogen-bond acceptors (Lipinski definition) is 7. The molecule has 1 aliphatic heterocycles. The van der Waals surface area contributed by atoms with E-state index in [0.717, 1.165) is 11.3 Å². The lowest BCUT2D eigenvalue weighted by Gasteiger charge is -2.27. The van der Waals surface area contributed by atoms with Crippen molar-refractivity contribution in [2.24, 2.45) is 0 Å². The minimum absolute atomic E-state index is 0.0734. The van der Waals surface area contributed by atoms with Gasteiger partial charge in [0.2, 0.25) is 0 Å². The van der Waals surface area contributed by atoms with Crippen molar-refractivity contribution in [2.75, 3.05) is 5.32 Å². The number of carboxylic acid groups (broad SMARTS) is 1. The number of aliphatic carboxylic acids is 1. The van der Waals surface area contributed by atoms with E-state index in [1.54, 1.807) is 12.1 Å². The van der Waals surface area contributed by atoms with Gasteiger partial charge in [0.1, 0.15) is 17.8 Å². The Bertz CT molecular complexity index is 1390. The van der Waals surface area contributed by atoms with E-state index < -0.39 is 35.8 Å². The van der Waals surface area contributed by atoms with Crippen LogP contribution in [-0.4, -0.2) is 51.0 Å². The van der Waals surface area contributed by atoms with Crippen molar-refractivity contribution in [3.8, 4) is 5.75 Å². The van der Waals surface area contributed by atoms with Crippen LogP contribution in [0.3, 0.4) is 0 Å². The average Bonchev–Trinajstić information content (AvgIpc) is 3.34. The van der Waals surface area contributed by atoms with Gasteiger partial charge < -0.3 is 20.8 Å². The van der Waals surface area contributed by atoms with Gasteiger partial charge in [-0.3, -0.25) is 19.2 Å². The van der Waals surface area contributed by atoms with E-state index >= 15 is 0 Å². The first kappa shape index (κ1) is 26.6. The number of anilines is 1. The number of carbonyl (C=O) groups is 4. The maximum Gasteiger partial charge on any atom is 0.322 e. The first-order valence-electron chi connectivity index (χ1n) is 11.7. The zero-order valence-electron chi connectivity index (χ0n) is 20.3. The number of para-hydroxylation sites is 1. The number of benzene rings is 3. The van der Waals surface area contributed by atoms with Gasteiger partial charge in [-0.2, -0.15) is 0 Å². The number of fused-ring (bicyclic) bond motifs is 1. The Morgan fingerprint density at radius 2 is 1.84 bits per heavy atom. The molecule has 4 rings (SSSR count). The van der Waals surface area contributed by atoms with E-state index in [1.807, 2.05) is 24.3 Å². The number of nitrogens with one attached hydrogen (secondary N) is 3. The van der Waals surface area contributed by atoms with E-state index in [1.165, 1.54) is 37.3 Å². The largest absolute Gasteiger partial charge is 0.508 e. The van der Waals surface area contributed by atoms with Crippen molar-refractivity contribution in [2.45, 2.75) is 32.0 Å². The molecule has 1 heterocycles. The van der Waals surface area contributed by atoms with Crippen molar-refractivity contribution in [1.29, 1.82) is 0 Å². The Morgan fingerprint density at radius 1 is 1.08 bits per heavy atom. The molecule has 11 heteroatoms. The molecular weight excluding hydrogens is 512 g/mol. The highest BCUT2D eigenvalue weighted by Crippen LogP contribution is 2.27. The summed E-state index contributed by atoms with van der Waals surface area (Å²) < 4.78 is 0. The van der Waals surface area contributed by atoms with Crippen LogP contribution in [0.25, 0.3) is 0 Å². The van der Waals surface area contributed by atoms with Gasteiger partial charge in [-0.05, 0) is 54.4 Å². The summed E-state index contributed by atoms with van der Waals surface area (Å²) >= 11 is 6.36. The van der Waals surface area contributed by atoms with Gasteiger partial charge in [-0.1, -0.05) is 41.9 Å². The Balaban J connectivity index is 1.52. The molecule has 0 saturated heterocycles. The molecule has 0 aromatic heterocycles. The molecule has 0 bridgehead atoms. The van der Waals surface area contributed by atoms with E-state index in [2.05, 4.69) is 16.1 Å². The van der Waals surface area contributed by atoms with Gasteiger partial charge in [-0.15, -0.1) is 0 Å². The third-order valence-corrected chi connectivity index (χ3v) is 6.32. The monoisotopic (exact) mass is 536 g/mol. The molecule has 38 heavy (non-hydrogen) atoms. The molecule has 3 amide bonds. The Labute approximate surface area is 223 Å². The first-order chi connectivity index (χ1) is 18.1. The van der Waals surface area contributed by atoms with Crippen molar-refractivity contribution in [3.63, 3.8) is 0 Å². The van der Waals surface area contributed by atoms with Crippen LogP contribution in [-0.2, 0) is 22.6 Å². The first-order valence-corrected chi connectivity index (χ1v) is 12.1. The highest BCUT2D eigenvalue weighted by atomic mass is 35.5. The molecule has 0 aliphatic carbocycles. The average molecular weight is 537 g/mol. The number of hydrogen-bond donors (Lipinski definition) is 5. The van der Waals surface area contributed by atoms with Crippen LogP contribution in [0.4, 0.5) is 5.69 Å². The number of halogens is 1. The molecule has 3 aromatic rings. The molecule has 3 aromatic carbocycles. The predicted molar refractivity (Wildman–Crippen MR) is 140 cm³/mol. The van der Waals surface area contributed by atoms with E-state index in [4.69, 9.17) is 11.6 Å². The van der Waals surface area contributed by atoms with Gasteiger partial charge in [0, 0.05) is 24.2 Å². The number of hydrazine groups is 1. The van der Waals surface area contributed by atoms with E-state index in [9.17, 15) is 29.4 Å². The van der Waals surface area contributed by atoms with Crippen LogP contribution in [0.1, 0.15) is 38.8 Å². The molecule has 196 valence electrons. The second-order valence-corrected chi connectivity index (χ2v) is 9.18. The highest BCUT2D eigenvalue weighted by molar-refractivity contribution is 6.34. The van der Waals surface area contributed by atoms with Crippen LogP contribution < -0.4 is 16.1 Å². The number of imide groups is 1. The number of carbonyl (C=O) groups excluding carboxylic acids is 3. The summed E-state index contributed by atoms with van der Waals surface area (Å²) in [5.74, 6) is -3.19. The van der Waals surface area contributed by atoms with Gasteiger partial charge >= 0.3 is 5.97 Å². The molecule has 0 saturated carbocycles. The minimum atomic E-state index is -1.26. The summed E-state index contributed by atoms with van der Waals surface area (Å²) in [6.45, 7) is 1.45. The molecule has 5 N–H and O–H groups in total. The Morgan fingerprint density at radius 3 is 2.53 bits per heavy atom. The molecule has 0 fully saturated rings. The quantitative estimate of drug-likeness (QED) is 0.218. The van der Waals surface area contributed by atoms with Gasteiger partial charge in [0.15, 0.2) is 0 Å². The van der Waals surface area contributed by atoms with Crippen LogP contribution in [0.2, 0.25) is 5.02 Å². The topological polar surface area (TPSA) is 148 Å². The molecular formula is C27H25ClN4O6. The maximum absolute atomic E-state index is 13.4. The fourth-order valence-electron chi connectivity index (χ4n) is 3.97. The second-order valence-electron chi connectivity index (χ2n) is 8.77. The number of aromatic hydroxyl groups is 1. The molecule has 2 atom stereocenters. The molecule has 0 spiro atoms. The zero-order valence-corrected chi connectivity index (χ0v) is 21.0. The lowest BCUT2D eigenvalue weighted by atomic mass is 10.1. The Hall–Kier alpha value is -4.41. The van der Waals surface area contributed by atoms with Crippen LogP contribution in [0.15, 0.2) is 66.7 Å². The number of rotatable bonds is 8. The van der Waals surface area contributed by atoms with Gasteiger partial charge in [-0.25, -0.2) is 10.4 Å². The summed E-state index contributed by atoms with van der Waals surface area (Å²) in [5.41, 5.74) is 4.87. The third-order valence-electron chi connectivity index (χ3n) is 6.01. The molecule has 10 nitrogen and oxygen atoms in total. The third kappa shape index (κ3) is 5.93. The fraction of sp³-hybridized carbons (Fsp3) is 0.185. The predicted octanol–water partition coefficient (Wildman–Crippen LogP) is 2.96. The van der Waals surface area contributed by atoms with Crippen molar-refractivity contribution >= 4 is 41.0 Å². The second kappa shape index (κ2) is 11.3. The lowest BCUT2D eigenvalue weighted by Crippen LogP contribution is -2.56. The summed E-state index contributed by atoms with van der Waals surface area (Å²) in [7, 11) is 0. The lowest BCUT2D eigenvalue weighted by molar-refractivity contribution is -0.142. The van der Waals surface area contributed by atoms with E-state index in [-0.39, 0.29) is 28.4 Å². The molecule has 0 radical (unpaired) electrons. The summed E-state index contributed by atoms with van der Waals surface area (Å²) in [6.07, 6.45) is 0.313. The smallest absolute Gasteiger partial charge is 0.322 e. The highest BCUT2D eigenvalue weighted by Gasteiger charge is 2.36. The van der Waals surface area contributed by atoms with Crippen molar-refractivity contribution in [3.05, 3.63) is 94.0 Å². The standard InChI is InChI=1S/C27H25ClN4O6/c1-15(27(37)38)31-32(26(36)23-13-17-6-2-3-8-22(17)30-23)25(35)20-10-9-18(12-21(20)28)24(34)29-14-16-5-4-7-19(33)11-16/h2-12,15,23,30-31,33H,13-14H2,1H3,(H,29,34)(H,37,38)/t15-,23?/m0/s1. The summed E-state index contributed by atoms with van der Waals surface area (Å²) in [4.78, 5) is 50.9. The van der Waals surface area contributed by atoms with Crippen LogP contribution >= 0.6 is 11.6 Å². The summed E-state index contributed by atoms with van der Waals surface area (Å²) in [5, 5.41) is 25.3. The molecule has 1 unspecified atom stereocenters. The number of carboxylic acids is 1. The molecule has 1 aliphatic rings. The SMILES string of the molecule is C[C@H](NN(C(=O)c1ccc(C(=O)NCc2cccc(O)c2)cc1Cl)C(=O)C1Cc2ccccc2N1)C(=O)O. The zero-order chi connectivity index (χ0) is 27.4. The maximum atomic E-state index is 13.4. The van der Waals surface area contributed by atoms with Crippen molar-refractivity contribution in [1.82, 2.24) is 15.8 Å². The number of amides is 3. The minimum Gasteiger partial charge on any atom is -0.508 e. The normalized spacial score (nSPS) is 14.6. The number of nitrogens with zero attached hydrogens (tertiary/aromatic N) is 1. The van der Waals surface area contributed by atoms with E-state index in [0.29, 0.717) is 17.0 Å². The van der Waals surface area contributed by atoms with Gasteiger partial charge in [0.05, 0.1) is 10.6 Å². The Kier molecular flexibility index (Phi) is 7.94. The van der Waals surface area contributed by atoms with Crippen LogP contribution in [0.5, 0.6) is 5.75 Å². The van der Waals surface area contributed by atoms with Crippen molar-refractivity contribution < 1.29 is 29.4 Å². The number of phenolic OH excluding ortho intramolecular Hbond substituents is 1. The number of phenols is 1. The summed E-state index contributed by atoms with van der Waals surface area (Å²) in [6, 6.07) is 15.7. The van der Waals surface area contributed by atoms with Gasteiger partial charge in [0.25, 0.3) is 17.7 Å². The fourth-order valence-corrected chi connectivity index (χ4v) is 4.24. The van der Waals surface area contributed by atoms with Crippen LogP contribution in [0, 0.1) is 0 Å².